The van der Waals surface area contributed by atoms with Crippen LogP contribution in [-0.4, -0.2) is 60.1 Å². The molecule has 1 unspecified atom stereocenters. The summed E-state index contributed by atoms with van der Waals surface area (Å²) in [4.78, 5) is 38.3. The SMILES string of the molecule is COc1ccccc1C(=O)NC(=S)N1CCNC(=O)C1CC(=O)OC(C)C. The number of hydrogen-bond acceptors (Lipinski definition) is 6. The Labute approximate surface area is 163 Å². The van der Waals surface area contributed by atoms with E-state index in [1.165, 1.54) is 12.0 Å². The fourth-order valence-corrected chi connectivity index (χ4v) is 3.01. The first-order valence-electron chi connectivity index (χ1n) is 8.55. The minimum atomic E-state index is -0.838. The Morgan fingerprint density at radius 2 is 2.07 bits per heavy atom. The quantitative estimate of drug-likeness (QED) is 0.565. The molecule has 2 N–H and O–H groups in total. The summed E-state index contributed by atoms with van der Waals surface area (Å²) < 4.78 is 10.3. The van der Waals surface area contributed by atoms with Crippen molar-refractivity contribution in [2.45, 2.75) is 32.4 Å². The summed E-state index contributed by atoms with van der Waals surface area (Å²) in [6.45, 7) is 4.19. The first-order valence-corrected chi connectivity index (χ1v) is 8.96. The summed E-state index contributed by atoms with van der Waals surface area (Å²) in [5, 5.41) is 5.38. The minimum absolute atomic E-state index is 0.0723. The number of hydrogen-bond donors (Lipinski definition) is 2. The van der Waals surface area contributed by atoms with Crippen LogP contribution in [0.2, 0.25) is 0 Å². The molecule has 9 heteroatoms. The minimum Gasteiger partial charge on any atom is -0.496 e. The number of esters is 1. The molecule has 1 aliphatic heterocycles. The maximum atomic E-state index is 12.5. The van der Waals surface area contributed by atoms with E-state index in [9.17, 15) is 14.4 Å². The standard InChI is InChI=1S/C18H23N3O5S/c1-11(2)26-15(22)10-13-17(24)19-8-9-21(13)18(27)20-16(23)12-6-4-5-7-14(12)25-3/h4-7,11,13H,8-10H2,1-3H3,(H,19,24)(H,20,23,27). The lowest BCUT2D eigenvalue weighted by molar-refractivity contribution is -0.150. The Morgan fingerprint density at radius 1 is 1.37 bits per heavy atom. The molecule has 1 aromatic carbocycles. The molecule has 1 saturated heterocycles. The number of nitrogens with one attached hydrogen (secondary N) is 2. The summed E-state index contributed by atoms with van der Waals surface area (Å²) in [5.74, 6) is -0.884. The van der Waals surface area contributed by atoms with E-state index < -0.39 is 17.9 Å². The summed E-state index contributed by atoms with van der Waals surface area (Å²) >= 11 is 5.32. The Bertz CT molecular complexity index is 737. The highest BCUT2D eigenvalue weighted by Crippen LogP contribution is 2.17. The van der Waals surface area contributed by atoms with Crippen molar-refractivity contribution in [2.24, 2.45) is 0 Å². The average Bonchev–Trinajstić information content (AvgIpc) is 2.62. The summed E-state index contributed by atoms with van der Waals surface area (Å²) in [7, 11) is 1.47. The van der Waals surface area contributed by atoms with Gasteiger partial charge in [0.1, 0.15) is 11.8 Å². The van der Waals surface area contributed by atoms with E-state index in [4.69, 9.17) is 21.7 Å². The largest absolute Gasteiger partial charge is 0.496 e. The number of rotatable bonds is 5. The number of benzene rings is 1. The highest BCUT2D eigenvalue weighted by molar-refractivity contribution is 7.80. The van der Waals surface area contributed by atoms with Gasteiger partial charge in [-0.2, -0.15) is 0 Å². The molecule has 27 heavy (non-hydrogen) atoms. The van der Waals surface area contributed by atoms with Crippen molar-refractivity contribution in [1.29, 1.82) is 0 Å². The molecule has 146 valence electrons. The van der Waals surface area contributed by atoms with Gasteiger partial charge in [0.05, 0.1) is 25.2 Å². The zero-order valence-electron chi connectivity index (χ0n) is 15.5. The molecule has 0 aromatic heterocycles. The molecule has 1 aromatic rings. The Morgan fingerprint density at radius 3 is 2.74 bits per heavy atom. The fraction of sp³-hybridized carbons (Fsp3) is 0.444. The lowest BCUT2D eigenvalue weighted by Crippen LogP contribution is -2.60. The Balaban J connectivity index is 2.10. The first-order chi connectivity index (χ1) is 12.8. The molecule has 0 aliphatic carbocycles. The fourth-order valence-electron chi connectivity index (χ4n) is 2.70. The molecule has 1 atom stereocenters. The van der Waals surface area contributed by atoms with Crippen molar-refractivity contribution in [3.63, 3.8) is 0 Å². The van der Waals surface area contributed by atoms with Gasteiger partial charge < -0.3 is 19.7 Å². The molecule has 1 fully saturated rings. The summed E-state index contributed by atoms with van der Waals surface area (Å²) in [6.07, 6.45) is -0.441. The van der Waals surface area contributed by atoms with Crippen molar-refractivity contribution in [3.05, 3.63) is 29.8 Å². The third-order valence-electron chi connectivity index (χ3n) is 3.89. The molecular formula is C18H23N3O5S. The maximum Gasteiger partial charge on any atom is 0.308 e. The first kappa shape index (κ1) is 20.6. The van der Waals surface area contributed by atoms with Crippen LogP contribution in [0.25, 0.3) is 0 Å². The highest BCUT2D eigenvalue weighted by atomic mass is 32.1. The normalized spacial score (nSPS) is 16.5. The lowest BCUT2D eigenvalue weighted by Gasteiger charge is -2.36. The van der Waals surface area contributed by atoms with Crippen LogP contribution in [0.1, 0.15) is 30.6 Å². The second-order valence-electron chi connectivity index (χ2n) is 6.20. The smallest absolute Gasteiger partial charge is 0.308 e. The van der Waals surface area contributed by atoms with Gasteiger partial charge in [0, 0.05) is 13.1 Å². The topological polar surface area (TPSA) is 97.0 Å². The zero-order chi connectivity index (χ0) is 20.0. The van der Waals surface area contributed by atoms with Crippen LogP contribution < -0.4 is 15.4 Å². The van der Waals surface area contributed by atoms with E-state index in [-0.39, 0.29) is 23.5 Å². The molecule has 8 nitrogen and oxygen atoms in total. The number of thiocarbonyl (C=S) groups is 1. The van der Waals surface area contributed by atoms with Crippen LogP contribution in [0.5, 0.6) is 5.75 Å². The van der Waals surface area contributed by atoms with E-state index in [0.29, 0.717) is 24.4 Å². The monoisotopic (exact) mass is 393 g/mol. The summed E-state index contributed by atoms with van der Waals surface area (Å²) in [5.41, 5.74) is 0.319. The molecule has 0 bridgehead atoms. The molecular weight excluding hydrogens is 370 g/mol. The van der Waals surface area contributed by atoms with Crippen LogP contribution in [-0.2, 0) is 14.3 Å². The van der Waals surface area contributed by atoms with E-state index in [0.717, 1.165) is 0 Å². The van der Waals surface area contributed by atoms with Crippen molar-refractivity contribution in [1.82, 2.24) is 15.5 Å². The molecule has 0 saturated carbocycles. The van der Waals surface area contributed by atoms with Gasteiger partial charge in [-0.05, 0) is 38.2 Å². The van der Waals surface area contributed by atoms with Crippen LogP contribution in [0, 0.1) is 0 Å². The van der Waals surface area contributed by atoms with E-state index in [2.05, 4.69) is 10.6 Å². The number of para-hydroxylation sites is 1. The number of ether oxygens (including phenoxy) is 2. The third-order valence-corrected chi connectivity index (χ3v) is 4.23. The van der Waals surface area contributed by atoms with Gasteiger partial charge >= 0.3 is 5.97 Å². The molecule has 1 heterocycles. The summed E-state index contributed by atoms with van der Waals surface area (Å²) in [6, 6.07) is 5.89. The van der Waals surface area contributed by atoms with Gasteiger partial charge in [0.2, 0.25) is 5.91 Å². The van der Waals surface area contributed by atoms with Crippen molar-refractivity contribution in [3.8, 4) is 5.75 Å². The van der Waals surface area contributed by atoms with Crippen molar-refractivity contribution in [2.75, 3.05) is 20.2 Å². The molecule has 0 spiro atoms. The predicted octanol–water partition coefficient (Wildman–Crippen LogP) is 0.852. The van der Waals surface area contributed by atoms with Crippen molar-refractivity contribution < 1.29 is 23.9 Å². The van der Waals surface area contributed by atoms with Crippen LogP contribution >= 0.6 is 12.2 Å². The van der Waals surface area contributed by atoms with Crippen LogP contribution in [0.15, 0.2) is 24.3 Å². The number of carbonyl (C=O) groups excluding carboxylic acids is 3. The van der Waals surface area contributed by atoms with Gasteiger partial charge in [0.25, 0.3) is 5.91 Å². The van der Waals surface area contributed by atoms with Gasteiger partial charge in [-0.25, -0.2) is 0 Å². The van der Waals surface area contributed by atoms with E-state index >= 15 is 0 Å². The maximum absolute atomic E-state index is 12.5. The highest BCUT2D eigenvalue weighted by Gasteiger charge is 2.34. The third kappa shape index (κ3) is 5.40. The molecule has 2 rings (SSSR count). The zero-order valence-corrected chi connectivity index (χ0v) is 16.3. The van der Waals surface area contributed by atoms with Gasteiger partial charge in [-0.15, -0.1) is 0 Å². The Hall–Kier alpha value is -2.68. The van der Waals surface area contributed by atoms with E-state index in [1.54, 1.807) is 38.1 Å². The molecule has 1 aliphatic rings. The van der Waals surface area contributed by atoms with Crippen LogP contribution in [0.4, 0.5) is 0 Å². The number of carbonyl (C=O) groups is 3. The van der Waals surface area contributed by atoms with Crippen molar-refractivity contribution >= 4 is 35.1 Å². The average molecular weight is 393 g/mol. The van der Waals surface area contributed by atoms with Gasteiger partial charge in [-0.1, -0.05) is 12.1 Å². The number of amides is 2. The number of methoxy groups -OCH3 is 1. The number of piperazine rings is 1. The number of nitrogens with zero attached hydrogens (tertiary/aromatic N) is 1. The van der Waals surface area contributed by atoms with Gasteiger partial charge in [-0.3, -0.25) is 19.7 Å². The van der Waals surface area contributed by atoms with E-state index in [1.807, 2.05) is 0 Å². The molecule has 0 radical (unpaired) electrons. The Kier molecular flexibility index (Phi) is 7.12. The second kappa shape index (κ2) is 9.31. The second-order valence-corrected chi connectivity index (χ2v) is 6.59. The van der Waals surface area contributed by atoms with Gasteiger partial charge in [0.15, 0.2) is 5.11 Å². The van der Waals surface area contributed by atoms with Crippen LogP contribution in [0.3, 0.4) is 0 Å². The lowest BCUT2D eigenvalue weighted by atomic mass is 10.1. The molecule has 2 amide bonds. The predicted molar refractivity (Wildman–Crippen MR) is 102 cm³/mol.